The lowest BCUT2D eigenvalue weighted by atomic mass is 10.1. The smallest absolute Gasteiger partial charge is 0.125 e. The molecule has 1 atom stereocenters. The van der Waals surface area contributed by atoms with E-state index < -0.39 is 6.10 Å². The van der Waals surface area contributed by atoms with Crippen molar-refractivity contribution < 1.29 is 14.6 Å². The monoisotopic (exact) mass is 210 g/mol. The summed E-state index contributed by atoms with van der Waals surface area (Å²) < 4.78 is 10.4. The lowest BCUT2D eigenvalue weighted by Gasteiger charge is -2.14. The first kappa shape index (κ1) is 12.0. The third-order valence-corrected chi connectivity index (χ3v) is 2.19. The van der Waals surface area contributed by atoms with Crippen LogP contribution in [0.15, 0.2) is 18.2 Å². The molecule has 0 aliphatic carbocycles. The van der Waals surface area contributed by atoms with Crippen LogP contribution in [0.2, 0.25) is 0 Å². The van der Waals surface area contributed by atoms with Crippen molar-refractivity contribution >= 4 is 0 Å². The fraction of sp³-hybridized carbons (Fsp3) is 0.500. The summed E-state index contributed by atoms with van der Waals surface area (Å²) >= 11 is 0. The van der Waals surface area contributed by atoms with Gasteiger partial charge < -0.3 is 14.6 Å². The Morgan fingerprint density at radius 3 is 2.33 bits per heavy atom. The summed E-state index contributed by atoms with van der Waals surface area (Å²) in [6, 6.07) is 5.97. The SMILES string of the molecule is COCC(O)COc1c(C)cccc1C. The van der Waals surface area contributed by atoms with Gasteiger partial charge in [0.1, 0.15) is 18.5 Å². The van der Waals surface area contributed by atoms with Gasteiger partial charge in [-0.25, -0.2) is 0 Å². The number of aryl methyl sites for hydroxylation is 2. The fourth-order valence-electron chi connectivity index (χ4n) is 1.45. The molecule has 1 aromatic rings. The molecular formula is C12H18O3. The van der Waals surface area contributed by atoms with E-state index in [1.807, 2.05) is 32.0 Å². The van der Waals surface area contributed by atoms with Crippen LogP contribution < -0.4 is 4.74 Å². The summed E-state index contributed by atoms with van der Waals surface area (Å²) in [5.41, 5.74) is 2.17. The Bertz CT molecular complexity index is 289. The van der Waals surface area contributed by atoms with Gasteiger partial charge in [0.2, 0.25) is 0 Å². The van der Waals surface area contributed by atoms with E-state index in [4.69, 9.17) is 9.47 Å². The molecule has 1 N–H and O–H groups in total. The summed E-state index contributed by atoms with van der Waals surface area (Å²) in [6.07, 6.45) is -0.575. The second-order valence-corrected chi connectivity index (χ2v) is 3.64. The molecule has 0 saturated carbocycles. The van der Waals surface area contributed by atoms with Gasteiger partial charge in [-0.2, -0.15) is 0 Å². The molecule has 1 rings (SSSR count). The van der Waals surface area contributed by atoms with Crippen molar-refractivity contribution in [1.82, 2.24) is 0 Å². The molecule has 0 heterocycles. The zero-order valence-corrected chi connectivity index (χ0v) is 9.49. The molecule has 1 unspecified atom stereocenters. The Balaban J connectivity index is 2.57. The van der Waals surface area contributed by atoms with Gasteiger partial charge in [0, 0.05) is 7.11 Å². The molecule has 0 saturated heterocycles. The third kappa shape index (κ3) is 3.53. The Hall–Kier alpha value is -1.06. The Kier molecular flexibility index (Phi) is 4.59. The van der Waals surface area contributed by atoms with Gasteiger partial charge >= 0.3 is 0 Å². The van der Waals surface area contributed by atoms with E-state index >= 15 is 0 Å². The average molecular weight is 210 g/mol. The minimum absolute atomic E-state index is 0.263. The van der Waals surface area contributed by atoms with Gasteiger partial charge in [0.15, 0.2) is 0 Å². The zero-order valence-electron chi connectivity index (χ0n) is 9.49. The standard InChI is InChI=1S/C12H18O3/c1-9-5-4-6-10(2)12(9)15-8-11(13)7-14-3/h4-6,11,13H,7-8H2,1-3H3. The number of hydrogen-bond acceptors (Lipinski definition) is 3. The fourth-order valence-corrected chi connectivity index (χ4v) is 1.45. The molecule has 0 aliphatic heterocycles. The molecular weight excluding hydrogens is 192 g/mol. The van der Waals surface area contributed by atoms with Crippen LogP contribution in [0.5, 0.6) is 5.75 Å². The van der Waals surface area contributed by atoms with Gasteiger partial charge in [-0.3, -0.25) is 0 Å². The highest BCUT2D eigenvalue weighted by Crippen LogP contribution is 2.22. The van der Waals surface area contributed by atoms with Crippen LogP contribution in [0.3, 0.4) is 0 Å². The molecule has 0 amide bonds. The molecule has 0 radical (unpaired) electrons. The molecule has 0 aromatic heterocycles. The molecule has 15 heavy (non-hydrogen) atoms. The van der Waals surface area contributed by atoms with Gasteiger partial charge in [-0.1, -0.05) is 18.2 Å². The van der Waals surface area contributed by atoms with Crippen LogP contribution >= 0.6 is 0 Å². The number of hydrogen-bond donors (Lipinski definition) is 1. The highest BCUT2D eigenvalue weighted by Gasteiger charge is 2.07. The number of methoxy groups -OCH3 is 1. The third-order valence-electron chi connectivity index (χ3n) is 2.19. The first-order valence-electron chi connectivity index (χ1n) is 5.01. The van der Waals surface area contributed by atoms with Crippen molar-refractivity contribution in [2.24, 2.45) is 0 Å². The minimum atomic E-state index is -0.575. The molecule has 0 fully saturated rings. The summed E-state index contributed by atoms with van der Waals surface area (Å²) in [7, 11) is 1.56. The van der Waals surface area contributed by atoms with Crippen LogP contribution in [-0.2, 0) is 4.74 Å². The van der Waals surface area contributed by atoms with Crippen molar-refractivity contribution in [3.05, 3.63) is 29.3 Å². The zero-order chi connectivity index (χ0) is 11.3. The van der Waals surface area contributed by atoms with Crippen LogP contribution in [0.4, 0.5) is 0 Å². The maximum atomic E-state index is 9.44. The number of rotatable bonds is 5. The Morgan fingerprint density at radius 1 is 1.20 bits per heavy atom. The van der Waals surface area contributed by atoms with E-state index in [0.717, 1.165) is 16.9 Å². The van der Waals surface area contributed by atoms with Crippen LogP contribution in [0.25, 0.3) is 0 Å². The van der Waals surface area contributed by atoms with E-state index in [0.29, 0.717) is 6.61 Å². The second-order valence-electron chi connectivity index (χ2n) is 3.64. The first-order valence-corrected chi connectivity index (χ1v) is 5.01. The van der Waals surface area contributed by atoms with Crippen molar-refractivity contribution in [2.45, 2.75) is 20.0 Å². The normalized spacial score (nSPS) is 12.5. The number of ether oxygens (including phenoxy) is 2. The molecule has 0 spiro atoms. The quantitative estimate of drug-likeness (QED) is 0.803. The molecule has 84 valence electrons. The second kappa shape index (κ2) is 5.73. The van der Waals surface area contributed by atoms with Crippen molar-refractivity contribution in [1.29, 1.82) is 0 Å². The lowest BCUT2D eigenvalue weighted by molar-refractivity contribution is 0.0322. The van der Waals surface area contributed by atoms with E-state index in [1.54, 1.807) is 7.11 Å². The van der Waals surface area contributed by atoms with Crippen molar-refractivity contribution in [2.75, 3.05) is 20.3 Å². The van der Waals surface area contributed by atoms with Gasteiger partial charge in [0.25, 0.3) is 0 Å². The van der Waals surface area contributed by atoms with E-state index in [9.17, 15) is 5.11 Å². The molecule has 1 aromatic carbocycles. The predicted octanol–water partition coefficient (Wildman–Crippen LogP) is 1.69. The number of benzene rings is 1. The van der Waals surface area contributed by atoms with Crippen LogP contribution in [0, 0.1) is 13.8 Å². The Labute approximate surface area is 90.6 Å². The summed E-state index contributed by atoms with van der Waals surface area (Å²) in [6.45, 7) is 4.54. The first-order chi connectivity index (χ1) is 7.15. The van der Waals surface area contributed by atoms with E-state index in [1.165, 1.54) is 0 Å². The van der Waals surface area contributed by atoms with E-state index in [-0.39, 0.29) is 6.61 Å². The number of para-hydroxylation sites is 1. The largest absolute Gasteiger partial charge is 0.490 e. The van der Waals surface area contributed by atoms with Gasteiger partial charge in [-0.05, 0) is 25.0 Å². The number of aliphatic hydroxyl groups excluding tert-OH is 1. The molecule has 0 bridgehead atoms. The molecule has 0 aliphatic rings. The Morgan fingerprint density at radius 2 is 1.80 bits per heavy atom. The highest BCUT2D eigenvalue weighted by molar-refractivity contribution is 5.39. The lowest BCUT2D eigenvalue weighted by Crippen LogP contribution is -2.23. The molecule has 3 nitrogen and oxygen atoms in total. The topological polar surface area (TPSA) is 38.7 Å². The maximum absolute atomic E-state index is 9.44. The predicted molar refractivity (Wildman–Crippen MR) is 59.3 cm³/mol. The van der Waals surface area contributed by atoms with Crippen molar-refractivity contribution in [3.63, 3.8) is 0 Å². The van der Waals surface area contributed by atoms with Gasteiger partial charge in [0.05, 0.1) is 6.61 Å². The number of aliphatic hydroxyl groups is 1. The summed E-state index contributed by atoms with van der Waals surface area (Å²) in [5, 5.41) is 9.44. The summed E-state index contributed by atoms with van der Waals surface area (Å²) in [4.78, 5) is 0. The minimum Gasteiger partial charge on any atom is -0.490 e. The van der Waals surface area contributed by atoms with Crippen LogP contribution in [0.1, 0.15) is 11.1 Å². The maximum Gasteiger partial charge on any atom is 0.125 e. The van der Waals surface area contributed by atoms with Crippen molar-refractivity contribution in [3.8, 4) is 5.75 Å². The highest BCUT2D eigenvalue weighted by atomic mass is 16.5. The average Bonchev–Trinajstić information content (AvgIpc) is 2.17. The van der Waals surface area contributed by atoms with Gasteiger partial charge in [-0.15, -0.1) is 0 Å². The summed E-state index contributed by atoms with van der Waals surface area (Å²) in [5.74, 6) is 0.854. The van der Waals surface area contributed by atoms with Crippen LogP contribution in [-0.4, -0.2) is 31.5 Å². The van der Waals surface area contributed by atoms with E-state index in [2.05, 4.69) is 0 Å². The molecule has 3 heteroatoms.